The summed E-state index contributed by atoms with van der Waals surface area (Å²) in [5.41, 5.74) is 1.05. The number of alkyl halides is 2. The van der Waals surface area contributed by atoms with Gasteiger partial charge in [-0.25, -0.2) is 13.8 Å². The van der Waals surface area contributed by atoms with Gasteiger partial charge in [0.2, 0.25) is 0 Å². The van der Waals surface area contributed by atoms with Crippen molar-refractivity contribution >= 4 is 11.3 Å². The van der Waals surface area contributed by atoms with Crippen LogP contribution in [0, 0.1) is 0 Å². The normalized spacial score (nSPS) is 16.8. The van der Waals surface area contributed by atoms with Crippen molar-refractivity contribution in [3.05, 3.63) is 52.0 Å². The van der Waals surface area contributed by atoms with Gasteiger partial charge in [0.05, 0.1) is 6.04 Å². The lowest BCUT2D eigenvalue weighted by atomic mass is 10.1. The van der Waals surface area contributed by atoms with E-state index in [1.165, 1.54) is 25.0 Å². The molecule has 0 radical (unpaired) electrons. The van der Waals surface area contributed by atoms with E-state index < -0.39 is 6.43 Å². The Bertz CT molecular complexity index is 521. The molecule has 100 valence electrons. The molecular weight excluding hydrogens is 266 g/mol. The number of hydrogen-bond donors (Lipinski definition) is 1. The van der Waals surface area contributed by atoms with Crippen LogP contribution in [0.2, 0.25) is 0 Å². The molecule has 3 rings (SSSR count). The summed E-state index contributed by atoms with van der Waals surface area (Å²) >= 11 is 1.58. The van der Waals surface area contributed by atoms with Crippen molar-refractivity contribution in [2.24, 2.45) is 0 Å². The highest BCUT2D eigenvalue weighted by Crippen LogP contribution is 2.30. The number of nitrogens with zero attached hydrogens (tertiary/aromatic N) is 1. The van der Waals surface area contributed by atoms with Gasteiger partial charge < -0.3 is 5.32 Å². The summed E-state index contributed by atoms with van der Waals surface area (Å²) in [4.78, 5) is 4.34. The van der Waals surface area contributed by atoms with Crippen molar-refractivity contribution in [1.82, 2.24) is 10.3 Å². The first kappa shape index (κ1) is 12.7. The predicted octanol–water partition coefficient (Wildman–Crippen LogP) is 3.92. The molecule has 0 aliphatic heterocycles. The van der Waals surface area contributed by atoms with E-state index in [1.807, 2.05) is 5.38 Å². The Morgan fingerprint density at radius 2 is 1.84 bits per heavy atom. The Labute approximate surface area is 114 Å². The number of nitrogens with one attached hydrogen (secondary N) is 1. The van der Waals surface area contributed by atoms with Gasteiger partial charge in [-0.3, -0.25) is 0 Å². The highest BCUT2D eigenvalue weighted by atomic mass is 32.1. The van der Waals surface area contributed by atoms with E-state index in [-0.39, 0.29) is 11.6 Å². The van der Waals surface area contributed by atoms with Crippen LogP contribution in [-0.4, -0.2) is 11.0 Å². The lowest BCUT2D eigenvalue weighted by molar-refractivity contribution is 0.151. The molecule has 1 atom stereocenters. The number of aromatic nitrogens is 1. The molecule has 1 saturated carbocycles. The highest BCUT2D eigenvalue weighted by Gasteiger charge is 2.27. The molecule has 0 bridgehead atoms. The summed E-state index contributed by atoms with van der Waals surface area (Å²) in [6.07, 6.45) is 1.71. The van der Waals surface area contributed by atoms with Crippen molar-refractivity contribution in [1.29, 1.82) is 0 Å². The van der Waals surface area contributed by atoms with Gasteiger partial charge in [-0.2, -0.15) is 0 Å². The zero-order valence-electron chi connectivity index (χ0n) is 10.2. The number of rotatable bonds is 5. The smallest absolute Gasteiger partial charge is 0.263 e. The van der Waals surface area contributed by atoms with Crippen LogP contribution in [0.3, 0.4) is 0 Å². The fourth-order valence-electron chi connectivity index (χ4n) is 2.01. The molecule has 0 spiro atoms. The van der Waals surface area contributed by atoms with Gasteiger partial charge >= 0.3 is 0 Å². The van der Waals surface area contributed by atoms with Crippen LogP contribution in [0.5, 0.6) is 0 Å². The maximum Gasteiger partial charge on any atom is 0.263 e. The molecule has 1 unspecified atom stereocenters. The maximum atomic E-state index is 12.6. The van der Waals surface area contributed by atoms with E-state index >= 15 is 0 Å². The zero-order chi connectivity index (χ0) is 13.2. The van der Waals surface area contributed by atoms with Crippen LogP contribution in [-0.2, 0) is 0 Å². The molecule has 1 aliphatic rings. The minimum atomic E-state index is -2.41. The maximum absolute atomic E-state index is 12.6. The van der Waals surface area contributed by atoms with E-state index in [1.54, 1.807) is 29.7 Å². The Morgan fingerprint density at radius 1 is 1.16 bits per heavy atom. The molecule has 1 N–H and O–H groups in total. The molecule has 1 heterocycles. The SMILES string of the molecule is FC(F)c1ccc(C(NC2CC2)c2nccs2)cc1. The standard InChI is InChI=1S/C14H14F2N2S/c15-13(16)10-3-1-9(2-4-10)12(18-11-5-6-11)14-17-7-8-19-14/h1-4,7-8,11-13,18H,5-6H2. The fraction of sp³-hybridized carbons (Fsp3) is 0.357. The van der Waals surface area contributed by atoms with Crippen LogP contribution in [0.1, 0.15) is 41.4 Å². The first-order valence-corrected chi connectivity index (χ1v) is 7.15. The summed E-state index contributed by atoms with van der Waals surface area (Å²) in [5.74, 6) is 0. The van der Waals surface area contributed by atoms with Crippen LogP contribution in [0.4, 0.5) is 8.78 Å². The summed E-state index contributed by atoms with van der Waals surface area (Å²) in [5, 5.41) is 6.44. The summed E-state index contributed by atoms with van der Waals surface area (Å²) in [6.45, 7) is 0. The van der Waals surface area contributed by atoms with E-state index in [0.717, 1.165) is 10.6 Å². The molecule has 2 nitrogen and oxygen atoms in total. The van der Waals surface area contributed by atoms with Gasteiger partial charge in [0.15, 0.2) is 0 Å². The second kappa shape index (κ2) is 5.35. The molecule has 0 saturated heterocycles. The van der Waals surface area contributed by atoms with Gasteiger partial charge in [-0.15, -0.1) is 11.3 Å². The van der Waals surface area contributed by atoms with Crippen molar-refractivity contribution in [2.45, 2.75) is 31.4 Å². The number of halogens is 2. The van der Waals surface area contributed by atoms with E-state index in [4.69, 9.17) is 0 Å². The fourth-order valence-corrected chi connectivity index (χ4v) is 2.73. The van der Waals surface area contributed by atoms with Gasteiger partial charge in [0, 0.05) is 23.2 Å². The lowest BCUT2D eigenvalue weighted by Gasteiger charge is -2.17. The largest absolute Gasteiger partial charge is 0.301 e. The molecule has 0 amide bonds. The zero-order valence-corrected chi connectivity index (χ0v) is 11.0. The van der Waals surface area contributed by atoms with Crippen LogP contribution >= 0.6 is 11.3 Å². The third-order valence-corrected chi connectivity index (χ3v) is 4.04. The Balaban J connectivity index is 1.86. The summed E-state index contributed by atoms with van der Waals surface area (Å²) < 4.78 is 25.1. The van der Waals surface area contributed by atoms with Crippen LogP contribution in [0.25, 0.3) is 0 Å². The highest BCUT2D eigenvalue weighted by molar-refractivity contribution is 7.09. The Kier molecular flexibility index (Phi) is 3.57. The second-order valence-electron chi connectivity index (χ2n) is 4.71. The third-order valence-electron chi connectivity index (χ3n) is 3.20. The molecule has 1 aliphatic carbocycles. The van der Waals surface area contributed by atoms with Crippen molar-refractivity contribution in [3.63, 3.8) is 0 Å². The monoisotopic (exact) mass is 280 g/mol. The topological polar surface area (TPSA) is 24.9 Å². The van der Waals surface area contributed by atoms with E-state index in [9.17, 15) is 8.78 Å². The summed E-state index contributed by atoms with van der Waals surface area (Å²) in [6, 6.07) is 7.07. The molecule has 5 heteroatoms. The number of hydrogen-bond acceptors (Lipinski definition) is 3. The Hall–Kier alpha value is -1.33. The lowest BCUT2D eigenvalue weighted by Crippen LogP contribution is -2.24. The first-order chi connectivity index (χ1) is 9.24. The Morgan fingerprint density at radius 3 is 2.37 bits per heavy atom. The minimum absolute atomic E-state index is 0.0132. The van der Waals surface area contributed by atoms with Gasteiger partial charge in [-0.05, 0) is 18.4 Å². The quantitative estimate of drug-likeness (QED) is 0.898. The van der Waals surface area contributed by atoms with Crippen molar-refractivity contribution in [3.8, 4) is 0 Å². The average Bonchev–Trinajstić information content (AvgIpc) is 3.08. The molecule has 2 aromatic rings. The molecule has 1 fully saturated rings. The first-order valence-electron chi connectivity index (χ1n) is 6.27. The van der Waals surface area contributed by atoms with Gasteiger partial charge in [0.25, 0.3) is 6.43 Å². The van der Waals surface area contributed by atoms with Crippen LogP contribution < -0.4 is 5.32 Å². The average molecular weight is 280 g/mol. The second-order valence-corrected chi connectivity index (χ2v) is 5.64. The van der Waals surface area contributed by atoms with Gasteiger partial charge in [0.1, 0.15) is 5.01 Å². The van der Waals surface area contributed by atoms with Gasteiger partial charge in [-0.1, -0.05) is 24.3 Å². The van der Waals surface area contributed by atoms with E-state index in [2.05, 4.69) is 10.3 Å². The summed E-state index contributed by atoms with van der Waals surface area (Å²) in [7, 11) is 0. The molecular formula is C14H14F2N2S. The number of thiazole rings is 1. The minimum Gasteiger partial charge on any atom is -0.301 e. The molecule has 19 heavy (non-hydrogen) atoms. The third kappa shape index (κ3) is 2.98. The predicted molar refractivity (Wildman–Crippen MR) is 71.5 cm³/mol. The molecule has 1 aromatic carbocycles. The van der Waals surface area contributed by atoms with E-state index in [0.29, 0.717) is 6.04 Å². The van der Waals surface area contributed by atoms with Crippen LogP contribution in [0.15, 0.2) is 35.8 Å². The van der Waals surface area contributed by atoms with Crippen molar-refractivity contribution < 1.29 is 8.78 Å². The molecule has 1 aromatic heterocycles. The van der Waals surface area contributed by atoms with Crippen molar-refractivity contribution in [2.75, 3.05) is 0 Å². The number of benzene rings is 1.